The molecule has 1 aliphatic heterocycles. The van der Waals surface area contributed by atoms with Gasteiger partial charge in [0.25, 0.3) is 0 Å². The molecule has 0 N–H and O–H groups in total. The Kier molecular flexibility index (Phi) is 4.39. The molecule has 0 spiro atoms. The monoisotopic (exact) mass is 185 g/mol. The lowest BCUT2D eigenvalue weighted by molar-refractivity contribution is -0.120. The molecule has 0 aliphatic carbocycles. The van der Waals surface area contributed by atoms with Crippen LogP contribution in [-0.4, -0.2) is 43.5 Å². The van der Waals surface area contributed by atoms with Gasteiger partial charge in [-0.15, -0.1) is 0 Å². The molecule has 0 saturated carbocycles. The molecule has 3 nitrogen and oxygen atoms in total. The van der Waals surface area contributed by atoms with Crippen LogP contribution in [0.15, 0.2) is 0 Å². The fourth-order valence-electron chi connectivity index (χ4n) is 1.66. The Bertz CT molecular complexity index is 162. The first-order chi connectivity index (χ1) is 6.26. The van der Waals surface area contributed by atoms with Crippen LogP contribution in [0.4, 0.5) is 0 Å². The Balaban J connectivity index is 2.21. The van der Waals surface area contributed by atoms with Crippen LogP contribution in [0.3, 0.4) is 0 Å². The van der Waals surface area contributed by atoms with Gasteiger partial charge in [0.15, 0.2) is 0 Å². The number of hydrogen-bond donors (Lipinski definition) is 0. The lowest BCUT2D eigenvalue weighted by Crippen LogP contribution is -2.39. The van der Waals surface area contributed by atoms with Gasteiger partial charge in [-0.2, -0.15) is 0 Å². The third kappa shape index (κ3) is 3.44. The van der Waals surface area contributed by atoms with E-state index >= 15 is 0 Å². The second-order valence-electron chi connectivity index (χ2n) is 3.60. The summed E-state index contributed by atoms with van der Waals surface area (Å²) < 4.78 is 5.26. The standard InChI is InChI=1S/C10H19NO2/c1-3-9(12)8-11-6-4-10(13-2)5-7-11/h10H,3-8H2,1-2H3. The molecule has 1 heterocycles. The van der Waals surface area contributed by atoms with Crippen LogP contribution in [-0.2, 0) is 9.53 Å². The molecule has 3 heteroatoms. The number of ether oxygens (including phenoxy) is 1. The first-order valence-electron chi connectivity index (χ1n) is 5.03. The van der Waals surface area contributed by atoms with Crippen molar-refractivity contribution in [3.05, 3.63) is 0 Å². The van der Waals surface area contributed by atoms with Gasteiger partial charge in [0.05, 0.1) is 12.6 Å². The number of likely N-dealkylation sites (tertiary alicyclic amines) is 1. The highest BCUT2D eigenvalue weighted by Gasteiger charge is 2.19. The maximum atomic E-state index is 11.2. The first kappa shape index (κ1) is 10.7. The molecule has 1 rings (SSSR count). The Labute approximate surface area is 80.1 Å². The molecule has 76 valence electrons. The lowest BCUT2D eigenvalue weighted by atomic mass is 10.1. The summed E-state index contributed by atoms with van der Waals surface area (Å²) in [5.74, 6) is 0.343. The molecule has 1 saturated heterocycles. The molecule has 0 aromatic carbocycles. The molecule has 0 aromatic rings. The van der Waals surface area contributed by atoms with Crippen molar-refractivity contribution in [3.63, 3.8) is 0 Å². The molecule has 0 radical (unpaired) electrons. The highest BCUT2D eigenvalue weighted by atomic mass is 16.5. The van der Waals surface area contributed by atoms with E-state index in [1.54, 1.807) is 7.11 Å². The van der Waals surface area contributed by atoms with Crippen LogP contribution in [0, 0.1) is 0 Å². The van der Waals surface area contributed by atoms with Crippen molar-refractivity contribution < 1.29 is 9.53 Å². The second-order valence-corrected chi connectivity index (χ2v) is 3.60. The number of nitrogens with zero attached hydrogens (tertiary/aromatic N) is 1. The van der Waals surface area contributed by atoms with Gasteiger partial charge in [-0.05, 0) is 12.8 Å². The minimum Gasteiger partial charge on any atom is -0.381 e. The summed E-state index contributed by atoms with van der Waals surface area (Å²) in [6.45, 7) is 4.56. The smallest absolute Gasteiger partial charge is 0.146 e. The summed E-state index contributed by atoms with van der Waals surface area (Å²) in [6, 6.07) is 0. The van der Waals surface area contributed by atoms with Crippen molar-refractivity contribution in [3.8, 4) is 0 Å². The van der Waals surface area contributed by atoms with Gasteiger partial charge in [0.1, 0.15) is 5.78 Å². The first-order valence-corrected chi connectivity index (χ1v) is 5.03. The maximum Gasteiger partial charge on any atom is 0.146 e. The third-order valence-electron chi connectivity index (χ3n) is 2.66. The van der Waals surface area contributed by atoms with Crippen molar-refractivity contribution in [2.45, 2.75) is 32.3 Å². The van der Waals surface area contributed by atoms with E-state index in [9.17, 15) is 4.79 Å². The number of carbonyl (C=O) groups excluding carboxylic acids is 1. The van der Waals surface area contributed by atoms with Crippen LogP contribution >= 0.6 is 0 Å². The van der Waals surface area contributed by atoms with E-state index < -0.39 is 0 Å². The molecule has 1 fully saturated rings. The number of rotatable bonds is 4. The normalized spacial score (nSPS) is 20.5. The van der Waals surface area contributed by atoms with E-state index in [0.29, 0.717) is 24.9 Å². The van der Waals surface area contributed by atoms with Crippen LogP contribution in [0.5, 0.6) is 0 Å². The minimum atomic E-state index is 0.343. The Hall–Kier alpha value is -0.410. The highest BCUT2D eigenvalue weighted by molar-refractivity contribution is 5.80. The van der Waals surface area contributed by atoms with Gasteiger partial charge < -0.3 is 4.74 Å². The molecule has 1 aliphatic rings. The predicted molar refractivity (Wildman–Crippen MR) is 51.8 cm³/mol. The number of piperidine rings is 1. The molecule has 0 aromatic heterocycles. The van der Waals surface area contributed by atoms with Gasteiger partial charge in [-0.3, -0.25) is 9.69 Å². The molecule has 0 atom stereocenters. The quantitative estimate of drug-likeness (QED) is 0.656. The van der Waals surface area contributed by atoms with Gasteiger partial charge in [0, 0.05) is 26.6 Å². The van der Waals surface area contributed by atoms with E-state index in [-0.39, 0.29) is 0 Å². The summed E-state index contributed by atoms with van der Waals surface area (Å²) in [5, 5.41) is 0. The topological polar surface area (TPSA) is 29.5 Å². The highest BCUT2D eigenvalue weighted by Crippen LogP contribution is 2.12. The molecule has 13 heavy (non-hydrogen) atoms. The average molecular weight is 185 g/mol. The zero-order chi connectivity index (χ0) is 9.68. The fraction of sp³-hybridized carbons (Fsp3) is 0.900. The summed E-state index contributed by atoms with van der Waals surface area (Å²) in [4.78, 5) is 13.4. The number of carbonyl (C=O) groups is 1. The van der Waals surface area contributed by atoms with Crippen molar-refractivity contribution in [1.29, 1.82) is 0 Å². The Morgan fingerprint density at radius 3 is 2.54 bits per heavy atom. The van der Waals surface area contributed by atoms with E-state index in [4.69, 9.17) is 4.74 Å². The average Bonchev–Trinajstić information content (AvgIpc) is 2.19. The van der Waals surface area contributed by atoms with Crippen molar-refractivity contribution in [2.75, 3.05) is 26.7 Å². The van der Waals surface area contributed by atoms with Crippen molar-refractivity contribution in [1.82, 2.24) is 4.90 Å². The summed E-state index contributed by atoms with van der Waals surface area (Å²) >= 11 is 0. The zero-order valence-electron chi connectivity index (χ0n) is 8.58. The number of Topliss-reactive ketones (excluding diaryl/α,β-unsaturated/α-hetero) is 1. The third-order valence-corrected chi connectivity index (χ3v) is 2.66. The van der Waals surface area contributed by atoms with Gasteiger partial charge in [-0.1, -0.05) is 6.92 Å². The largest absolute Gasteiger partial charge is 0.381 e. The SMILES string of the molecule is CCC(=O)CN1CCC(OC)CC1. The fourth-order valence-corrected chi connectivity index (χ4v) is 1.66. The predicted octanol–water partition coefficient (Wildman–Crippen LogP) is 1.08. The van der Waals surface area contributed by atoms with Gasteiger partial charge >= 0.3 is 0 Å². The number of ketones is 1. The van der Waals surface area contributed by atoms with E-state index in [1.807, 2.05) is 6.92 Å². The summed E-state index contributed by atoms with van der Waals surface area (Å²) in [6.07, 6.45) is 3.19. The van der Waals surface area contributed by atoms with E-state index in [1.165, 1.54) is 0 Å². The van der Waals surface area contributed by atoms with Crippen molar-refractivity contribution >= 4 is 5.78 Å². The number of hydrogen-bond acceptors (Lipinski definition) is 3. The van der Waals surface area contributed by atoms with Gasteiger partial charge in [0.2, 0.25) is 0 Å². The van der Waals surface area contributed by atoms with E-state index in [0.717, 1.165) is 25.9 Å². The number of methoxy groups -OCH3 is 1. The lowest BCUT2D eigenvalue weighted by Gasteiger charge is -2.30. The molecular formula is C10H19NO2. The Morgan fingerprint density at radius 2 is 2.08 bits per heavy atom. The summed E-state index contributed by atoms with van der Waals surface area (Å²) in [5.41, 5.74) is 0. The second kappa shape index (κ2) is 5.35. The maximum absolute atomic E-state index is 11.2. The zero-order valence-corrected chi connectivity index (χ0v) is 8.58. The molecule has 0 unspecified atom stereocenters. The van der Waals surface area contributed by atoms with Crippen LogP contribution in [0.2, 0.25) is 0 Å². The molecule has 0 amide bonds. The summed E-state index contributed by atoms with van der Waals surface area (Å²) in [7, 11) is 1.76. The van der Waals surface area contributed by atoms with Gasteiger partial charge in [-0.25, -0.2) is 0 Å². The molecular weight excluding hydrogens is 166 g/mol. The van der Waals surface area contributed by atoms with Crippen molar-refractivity contribution in [2.24, 2.45) is 0 Å². The van der Waals surface area contributed by atoms with E-state index in [2.05, 4.69) is 4.90 Å². The minimum absolute atomic E-state index is 0.343. The van der Waals surface area contributed by atoms with Crippen LogP contribution < -0.4 is 0 Å². The Morgan fingerprint density at radius 1 is 1.46 bits per heavy atom. The molecule has 0 bridgehead atoms. The van der Waals surface area contributed by atoms with Crippen LogP contribution in [0.25, 0.3) is 0 Å². The van der Waals surface area contributed by atoms with Crippen LogP contribution in [0.1, 0.15) is 26.2 Å².